The lowest BCUT2D eigenvalue weighted by Gasteiger charge is -2.44. The normalized spacial score (nSPS) is 23.4. The van der Waals surface area contributed by atoms with Crippen LogP contribution in [0.4, 0.5) is 5.69 Å². The van der Waals surface area contributed by atoms with Crippen LogP contribution in [0.25, 0.3) is 0 Å². The molecular formula is C51H64N2O15. The molecule has 17 nitrogen and oxygen atoms in total. The van der Waals surface area contributed by atoms with Gasteiger partial charge in [0.25, 0.3) is 5.69 Å². The maximum Gasteiger partial charge on any atom is 0.339 e. The molecule has 2 heterocycles. The number of cyclic esters (lactones) is 1. The van der Waals surface area contributed by atoms with E-state index in [1.54, 1.807) is 32.0 Å². The van der Waals surface area contributed by atoms with Crippen LogP contribution in [0.15, 0.2) is 94.9 Å². The largest absolute Gasteiger partial charge is 0.478 e. The number of hydrogen-bond donors (Lipinski definition) is 3. The van der Waals surface area contributed by atoms with E-state index in [0.29, 0.717) is 35.6 Å². The molecule has 3 N–H and O–H groups in total. The van der Waals surface area contributed by atoms with Crippen molar-refractivity contribution in [2.45, 2.75) is 118 Å². The van der Waals surface area contributed by atoms with Crippen molar-refractivity contribution in [3.8, 4) is 5.75 Å². The first-order chi connectivity index (χ1) is 32.0. The zero-order chi connectivity index (χ0) is 50.6. The number of carboxylic acids is 1. The van der Waals surface area contributed by atoms with Crippen LogP contribution in [0.5, 0.6) is 5.75 Å². The molecule has 0 bridgehead atoms. The fraction of sp³-hybridized carbons (Fsp3) is 0.490. The van der Waals surface area contributed by atoms with Gasteiger partial charge in [-0.05, 0) is 88.8 Å². The average Bonchev–Trinajstić information content (AvgIpc) is 3.28. The molecule has 1 fully saturated rings. The van der Waals surface area contributed by atoms with Crippen LogP contribution < -0.4 is 10.1 Å². The van der Waals surface area contributed by atoms with E-state index in [2.05, 4.69) is 42.1 Å². The van der Waals surface area contributed by atoms with E-state index in [4.69, 9.17) is 24.1 Å². The van der Waals surface area contributed by atoms with E-state index < -0.39 is 46.2 Å². The third kappa shape index (κ3) is 13.5. The first-order valence-corrected chi connectivity index (χ1v) is 22.6. The molecule has 2 aliphatic heterocycles. The second-order valence-electron chi connectivity index (χ2n) is 18.1. The molecular weight excluding hydrogens is 881 g/mol. The fourth-order valence-corrected chi connectivity index (χ4v) is 8.93. The second kappa shape index (κ2) is 23.9. The number of esters is 5. The van der Waals surface area contributed by atoms with Crippen molar-refractivity contribution < 1.29 is 67.6 Å². The molecule has 0 aromatic heterocycles. The van der Waals surface area contributed by atoms with Gasteiger partial charge >= 0.3 is 35.8 Å². The summed E-state index contributed by atoms with van der Waals surface area (Å²) in [6.07, 6.45) is 9.61. The quantitative estimate of drug-likeness (QED) is 0.0599. The zero-order valence-electron chi connectivity index (χ0n) is 40.4. The Kier molecular flexibility index (Phi) is 19.0. The van der Waals surface area contributed by atoms with E-state index in [0.717, 1.165) is 25.7 Å². The van der Waals surface area contributed by atoms with Gasteiger partial charge in [0.2, 0.25) is 0 Å². The number of allylic oxidation sites excluding steroid dienone is 5. The summed E-state index contributed by atoms with van der Waals surface area (Å²) in [5.41, 5.74) is 1.96. The zero-order valence-corrected chi connectivity index (χ0v) is 40.4. The number of aromatic carboxylic acids is 1. The number of ether oxygens (including phenoxy) is 5. The number of carbonyl (C=O) groups excluding carboxylic acids is 5. The van der Waals surface area contributed by atoms with Crippen LogP contribution in [0.1, 0.15) is 116 Å². The number of methoxy groups -OCH3 is 2. The highest BCUT2D eigenvalue weighted by atomic mass is 16.6. The predicted molar refractivity (Wildman–Crippen MR) is 249 cm³/mol. The Morgan fingerprint density at radius 1 is 0.926 bits per heavy atom. The van der Waals surface area contributed by atoms with Gasteiger partial charge in [0.1, 0.15) is 23.5 Å². The maximum atomic E-state index is 12.9. The van der Waals surface area contributed by atoms with Crippen molar-refractivity contribution in [2.75, 3.05) is 14.2 Å². The highest BCUT2D eigenvalue weighted by Crippen LogP contribution is 2.46. The van der Waals surface area contributed by atoms with Crippen LogP contribution in [0, 0.1) is 39.2 Å². The third-order valence-corrected chi connectivity index (χ3v) is 12.7. The highest BCUT2D eigenvalue weighted by molar-refractivity contribution is 6.00. The topological polar surface area (TPSA) is 244 Å². The van der Waals surface area contributed by atoms with E-state index >= 15 is 0 Å². The van der Waals surface area contributed by atoms with Crippen molar-refractivity contribution in [3.63, 3.8) is 0 Å². The molecule has 0 saturated carbocycles. The van der Waals surface area contributed by atoms with Crippen LogP contribution in [-0.2, 0) is 42.9 Å². The van der Waals surface area contributed by atoms with Gasteiger partial charge in [0, 0.05) is 42.3 Å². The third-order valence-electron chi connectivity index (χ3n) is 12.7. The Morgan fingerprint density at radius 2 is 1.53 bits per heavy atom. The smallest absolute Gasteiger partial charge is 0.339 e. The van der Waals surface area contributed by atoms with Crippen molar-refractivity contribution in [3.05, 3.63) is 116 Å². The Balaban J connectivity index is 0.000000239. The number of para-hydroxylation sites is 2. The van der Waals surface area contributed by atoms with Crippen LogP contribution in [0.3, 0.4) is 0 Å². The summed E-state index contributed by atoms with van der Waals surface area (Å²) in [6, 6.07) is 11.9. The lowest BCUT2D eigenvalue weighted by Crippen LogP contribution is -2.43. The number of nitro benzene ring substituents is 1. The highest BCUT2D eigenvalue weighted by Gasteiger charge is 2.44. The first kappa shape index (κ1) is 54.0. The summed E-state index contributed by atoms with van der Waals surface area (Å²) in [6.45, 7) is 14.8. The van der Waals surface area contributed by atoms with Crippen LogP contribution in [-0.4, -0.2) is 83.5 Å². The number of nitrogens with one attached hydrogen (secondary N) is 1. The minimum Gasteiger partial charge on any atom is -0.478 e. The number of hydrogen-bond acceptors (Lipinski definition) is 15. The van der Waals surface area contributed by atoms with Crippen molar-refractivity contribution in [2.24, 2.45) is 29.1 Å². The van der Waals surface area contributed by atoms with Gasteiger partial charge in [0.05, 0.1) is 54.1 Å². The lowest BCUT2D eigenvalue weighted by atomic mass is 9.65. The molecule has 2 aromatic rings. The summed E-state index contributed by atoms with van der Waals surface area (Å²) in [4.78, 5) is 81.3. The number of nitro groups is 1. The van der Waals surface area contributed by atoms with Gasteiger partial charge in [0.15, 0.2) is 0 Å². The predicted octanol–water partition coefficient (Wildman–Crippen LogP) is 8.07. The first-order valence-electron chi connectivity index (χ1n) is 22.6. The summed E-state index contributed by atoms with van der Waals surface area (Å²) in [7, 11) is 2.42. The molecule has 0 radical (unpaired) electrons. The van der Waals surface area contributed by atoms with Gasteiger partial charge in [-0.15, -0.1) is 0 Å². The van der Waals surface area contributed by atoms with E-state index in [1.165, 1.54) is 57.0 Å². The van der Waals surface area contributed by atoms with Crippen molar-refractivity contribution in [1.29, 1.82) is 0 Å². The number of carbonyl (C=O) groups is 6. The Labute approximate surface area is 396 Å². The fourth-order valence-electron chi connectivity index (χ4n) is 8.93. The lowest BCUT2D eigenvalue weighted by molar-refractivity contribution is -0.385. The second-order valence-corrected chi connectivity index (χ2v) is 18.1. The molecule has 0 unspecified atom stereocenters. The average molecular weight is 945 g/mol. The molecule has 2 aromatic carbocycles. The van der Waals surface area contributed by atoms with Crippen molar-refractivity contribution >= 4 is 41.5 Å². The number of carboxylic acid groups (broad SMARTS) is 1. The monoisotopic (exact) mass is 944 g/mol. The summed E-state index contributed by atoms with van der Waals surface area (Å²) < 4.78 is 26.0. The number of dihydropyridines is 1. The minimum absolute atomic E-state index is 0.0160. The van der Waals surface area contributed by atoms with Gasteiger partial charge in [-0.3, -0.25) is 24.5 Å². The van der Waals surface area contributed by atoms with E-state index in [9.17, 15) is 44.0 Å². The standard InChI is InChI=1S/C25H38O5.C17H18N2O6.C9H8O4/c1-6-25(4,5)24(28)30-21-12-15(2)11-17-8-7-16(3)20(23(17)21)10-9-19-13-18(26)14-22(27)29-19;1-9-13(16(20)24-3)15(14(10(2)18-9)17(21)25-4)11-7-5-6-8-12(11)19(22)23;1-6(10)13-8-5-3-2-4-7(8)9(11)12/h7-8,11,15-16,18-21,23,26H,6,9-10,12-14H2,1-5H3;5-8,15,18H,1-4H3;2-5H,1H3,(H,11,12)/t15-,16-,18+,19+,20-,21-,23-;;/m0../s1. The number of aliphatic hydroxyl groups is 1. The molecule has 2 aliphatic carbocycles. The molecule has 4 aliphatic rings. The van der Waals surface area contributed by atoms with Crippen molar-refractivity contribution in [1.82, 2.24) is 5.32 Å². The molecule has 368 valence electrons. The molecule has 7 atom stereocenters. The number of benzene rings is 2. The van der Waals surface area contributed by atoms with E-state index in [1.807, 2.05) is 20.8 Å². The summed E-state index contributed by atoms with van der Waals surface area (Å²) in [5.74, 6) is -3.13. The van der Waals surface area contributed by atoms with Crippen LogP contribution >= 0.6 is 0 Å². The van der Waals surface area contributed by atoms with Gasteiger partial charge < -0.3 is 39.2 Å². The molecule has 0 amide bonds. The molecule has 17 heteroatoms. The SMILES string of the molecule is CC(=O)Oc1ccccc1C(=O)O.CCC(C)(C)C(=O)O[C@H]1C[C@@H](C)C=C2C=C[C@H](C)[C@H](CC[C@@H]3C[C@@H](O)CC(=O)O3)[C@H]21.COC(=O)C1=C(C)NC(C)=C(C(=O)OC)C1c1ccccc1[N+](=O)[O-]. The van der Waals surface area contributed by atoms with Gasteiger partial charge in [-0.25, -0.2) is 14.4 Å². The minimum atomic E-state index is -1.11. The van der Waals surface area contributed by atoms with Gasteiger partial charge in [-0.1, -0.05) is 69.3 Å². The van der Waals surface area contributed by atoms with Crippen LogP contribution in [0.2, 0.25) is 0 Å². The molecule has 6 rings (SSSR count). The molecule has 0 spiro atoms. The summed E-state index contributed by atoms with van der Waals surface area (Å²) >= 11 is 0. The Bertz CT molecular complexity index is 2320. The molecule has 68 heavy (non-hydrogen) atoms. The Hall–Kier alpha value is -6.62. The van der Waals surface area contributed by atoms with E-state index in [-0.39, 0.29) is 70.2 Å². The van der Waals surface area contributed by atoms with Gasteiger partial charge in [-0.2, -0.15) is 0 Å². The number of nitrogens with zero attached hydrogens (tertiary/aromatic N) is 1. The summed E-state index contributed by atoms with van der Waals surface area (Å²) in [5, 5.41) is 33.0. The number of aliphatic hydroxyl groups excluding tert-OH is 1. The Morgan fingerprint density at radius 3 is 2.09 bits per heavy atom. The number of fused-ring (bicyclic) bond motifs is 1. The molecule has 1 saturated heterocycles. The maximum absolute atomic E-state index is 12.9. The number of rotatable bonds is 12.